The quantitative estimate of drug-likeness (QED) is 0.366. The number of fused-ring (bicyclic) bond motifs is 2. The Morgan fingerprint density at radius 2 is 1.56 bits per heavy atom. The van der Waals surface area contributed by atoms with Crippen molar-refractivity contribution in [3.05, 3.63) is 36.5 Å². The molecule has 172 valence electrons. The fourth-order valence-corrected chi connectivity index (χ4v) is 6.53. The lowest BCUT2D eigenvalue weighted by Gasteiger charge is -2.54. The lowest BCUT2D eigenvalue weighted by atomic mass is 9.46. The smallest absolute Gasteiger partial charge is 0.318 e. The zero-order valence-electron chi connectivity index (χ0n) is 19.4. The molecule has 2 heterocycles. The summed E-state index contributed by atoms with van der Waals surface area (Å²) in [6.45, 7) is 14.0. The monoisotopic (exact) mass is 440 g/mol. The molecular weight excluding hydrogens is 408 g/mol. The predicted octanol–water partition coefficient (Wildman–Crippen LogP) is 4.01. The van der Waals surface area contributed by atoms with Gasteiger partial charge < -0.3 is 9.47 Å². The van der Waals surface area contributed by atoms with Crippen LogP contribution in [0.1, 0.15) is 47.5 Å². The molecular formula is C26H32O6. The summed E-state index contributed by atoms with van der Waals surface area (Å²) in [6, 6.07) is 0. The molecule has 6 rings (SSSR count). The number of allylic oxidation sites excluding steroid dienone is 5. The van der Waals surface area contributed by atoms with Crippen LogP contribution in [0, 0.1) is 52.3 Å². The van der Waals surface area contributed by atoms with Crippen molar-refractivity contribution in [2.75, 3.05) is 0 Å². The molecule has 0 spiro atoms. The van der Waals surface area contributed by atoms with E-state index in [0.717, 1.165) is 18.4 Å². The highest BCUT2D eigenvalue weighted by atomic mass is 16.6. The second-order valence-corrected chi connectivity index (χ2v) is 10.6. The highest BCUT2D eigenvalue weighted by Gasteiger charge is 2.66. The Bertz CT molecular complexity index is 957. The summed E-state index contributed by atoms with van der Waals surface area (Å²) in [4.78, 5) is 46.9. The number of rotatable bonds is 2. The van der Waals surface area contributed by atoms with Gasteiger partial charge in [-0.15, -0.1) is 6.58 Å². The minimum Gasteiger partial charge on any atom is -0.393 e. The summed E-state index contributed by atoms with van der Waals surface area (Å²) in [5.74, 6) is -2.18. The molecule has 1 saturated carbocycles. The minimum atomic E-state index is -0.398. The largest absolute Gasteiger partial charge is 0.393 e. The summed E-state index contributed by atoms with van der Waals surface area (Å²) >= 11 is 0. The summed E-state index contributed by atoms with van der Waals surface area (Å²) in [5, 5.41) is 0. The number of carbonyl (C=O) groups is 4. The van der Waals surface area contributed by atoms with E-state index in [0.29, 0.717) is 5.92 Å². The standard InChI is InChI=1S/C14H18O3.C12H14O3/c1-8(2)14-6-4-13(3,5-7-14)9-10(14)12(16)17-11(9)15;1-4-8-5-6(2)7(3)9-10(8)12(14)15-11(9)13/h4,6,8-10H,5,7H2,1-3H3;4-5,7-10H,1H2,2-3H3. The molecule has 8 unspecified atom stereocenters. The van der Waals surface area contributed by atoms with Crippen molar-refractivity contribution < 1.29 is 28.7 Å². The molecule has 3 fully saturated rings. The number of hydrogen-bond donors (Lipinski definition) is 0. The van der Waals surface area contributed by atoms with Crippen molar-refractivity contribution in [2.24, 2.45) is 52.3 Å². The van der Waals surface area contributed by atoms with Crippen molar-refractivity contribution in [2.45, 2.75) is 47.5 Å². The van der Waals surface area contributed by atoms with Crippen molar-refractivity contribution in [3.8, 4) is 0 Å². The van der Waals surface area contributed by atoms with Crippen molar-refractivity contribution in [3.63, 3.8) is 0 Å². The van der Waals surface area contributed by atoms with E-state index < -0.39 is 5.97 Å². The summed E-state index contributed by atoms with van der Waals surface area (Å²) < 4.78 is 9.61. The Morgan fingerprint density at radius 3 is 2.12 bits per heavy atom. The normalized spacial score (nSPS) is 43.8. The highest BCUT2D eigenvalue weighted by Crippen LogP contribution is 2.63. The third-order valence-electron chi connectivity index (χ3n) is 8.81. The molecule has 0 aromatic rings. The molecule has 6 heteroatoms. The first-order chi connectivity index (χ1) is 15.0. The van der Waals surface area contributed by atoms with Gasteiger partial charge in [-0.1, -0.05) is 57.6 Å². The third kappa shape index (κ3) is 3.06. The zero-order valence-corrected chi connectivity index (χ0v) is 19.4. The number of hydrogen-bond acceptors (Lipinski definition) is 6. The van der Waals surface area contributed by atoms with Gasteiger partial charge in [-0.05, 0) is 37.0 Å². The maximum Gasteiger partial charge on any atom is 0.318 e. The Hall–Kier alpha value is -2.50. The van der Waals surface area contributed by atoms with E-state index in [9.17, 15) is 19.2 Å². The Balaban J connectivity index is 0.000000155. The highest BCUT2D eigenvalue weighted by molar-refractivity contribution is 5.98. The van der Waals surface area contributed by atoms with Gasteiger partial charge in [0.25, 0.3) is 0 Å². The van der Waals surface area contributed by atoms with Crippen LogP contribution in [0.4, 0.5) is 0 Å². The average molecular weight is 441 g/mol. The molecule has 2 saturated heterocycles. The second kappa shape index (κ2) is 7.53. The van der Waals surface area contributed by atoms with Gasteiger partial charge >= 0.3 is 23.9 Å². The van der Waals surface area contributed by atoms with E-state index in [1.54, 1.807) is 6.08 Å². The predicted molar refractivity (Wildman–Crippen MR) is 117 cm³/mol. The fraction of sp³-hybridized carbons (Fsp3) is 0.615. The number of ether oxygens (including phenoxy) is 2. The van der Waals surface area contributed by atoms with Crippen LogP contribution in [0.25, 0.3) is 0 Å². The van der Waals surface area contributed by atoms with Gasteiger partial charge in [-0.2, -0.15) is 0 Å². The van der Waals surface area contributed by atoms with Gasteiger partial charge in [-0.3, -0.25) is 19.2 Å². The number of esters is 4. The van der Waals surface area contributed by atoms with Crippen LogP contribution in [0.5, 0.6) is 0 Å². The molecule has 0 N–H and O–H groups in total. The summed E-state index contributed by atoms with van der Waals surface area (Å²) in [6.07, 6.45) is 10.0. The van der Waals surface area contributed by atoms with Crippen molar-refractivity contribution >= 4 is 23.9 Å². The molecule has 32 heavy (non-hydrogen) atoms. The minimum absolute atomic E-state index is 0.0647. The van der Waals surface area contributed by atoms with E-state index >= 15 is 0 Å². The van der Waals surface area contributed by atoms with Crippen molar-refractivity contribution in [1.82, 2.24) is 0 Å². The molecule has 4 aliphatic carbocycles. The van der Waals surface area contributed by atoms with Crippen molar-refractivity contribution in [1.29, 1.82) is 0 Å². The zero-order chi connectivity index (χ0) is 23.6. The molecule has 0 amide bonds. The SMILES string of the molecule is C=CC1C=C(C)C(C)C2C(=O)OC(=O)C12.CC(C)C12C=CC(C)(CC1)C1C(=O)OC(=O)C12. The van der Waals surface area contributed by atoms with E-state index in [1.165, 1.54) is 0 Å². The van der Waals surface area contributed by atoms with E-state index in [-0.39, 0.29) is 64.2 Å². The Kier molecular flexibility index (Phi) is 5.34. The lowest BCUT2D eigenvalue weighted by Crippen LogP contribution is -2.53. The summed E-state index contributed by atoms with van der Waals surface area (Å²) in [7, 11) is 0. The Morgan fingerprint density at radius 1 is 0.969 bits per heavy atom. The van der Waals surface area contributed by atoms with Gasteiger partial charge in [-0.25, -0.2) is 0 Å². The van der Waals surface area contributed by atoms with Crippen LogP contribution < -0.4 is 0 Å². The molecule has 2 aliphatic heterocycles. The molecule has 6 aliphatic rings. The van der Waals surface area contributed by atoms with Gasteiger partial charge in [0.15, 0.2) is 0 Å². The first kappa shape index (κ1) is 22.7. The molecule has 6 nitrogen and oxygen atoms in total. The van der Waals surface area contributed by atoms with Gasteiger partial charge in [0, 0.05) is 11.3 Å². The van der Waals surface area contributed by atoms with E-state index in [1.807, 2.05) is 19.9 Å². The van der Waals surface area contributed by atoms with Gasteiger partial charge in [0.05, 0.1) is 23.7 Å². The second-order valence-electron chi connectivity index (χ2n) is 10.6. The van der Waals surface area contributed by atoms with Gasteiger partial charge in [0.2, 0.25) is 0 Å². The number of cyclic esters (lactones) is 4. The van der Waals surface area contributed by atoms with E-state index in [2.05, 4.69) is 39.5 Å². The fourth-order valence-electron chi connectivity index (χ4n) is 6.53. The van der Waals surface area contributed by atoms with Crippen LogP contribution >= 0.6 is 0 Å². The van der Waals surface area contributed by atoms with Crippen LogP contribution in [0.3, 0.4) is 0 Å². The Labute approximate surface area is 189 Å². The van der Waals surface area contributed by atoms with Crippen LogP contribution in [-0.4, -0.2) is 23.9 Å². The van der Waals surface area contributed by atoms with E-state index in [4.69, 9.17) is 9.47 Å². The first-order valence-electron chi connectivity index (χ1n) is 11.5. The molecule has 2 bridgehead atoms. The molecule has 0 radical (unpaired) electrons. The topological polar surface area (TPSA) is 86.7 Å². The maximum absolute atomic E-state index is 12.0. The van der Waals surface area contributed by atoms with Crippen LogP contribution in [0.15, 0.2) is 36.5 Å². The average Bonchev–Trinajstić information content (AvgIpc) is 3.22. The molecule has 0 aromatic heterocycles. The number of carbonyl (C=O) groups excluding carboxylic acids is 4. The lowest BCUT2D eigenvalue weighted by molar-refractivity contribution is -0.156. The first-order valence-corrected chi connectivity index (χ1v) is 11.5. The third-order valence-corrected chi connectivity index (χ3v) is 8.81. The molecule has 8 atom stereocenters. The van der Waals surface area contributed by atoms with Crippen LogP contribution in [0.2, 0.25) is 0 Å². The summed E-state index contributed by atoms with van der Waals surface area (Å²) in [5.41, 5.74) is 0.795. The van der Waals surface area contributed by atoms with Gasteiger partial charge in [0.1, 0.15) is 0 Å². The van der Waals surface area contributed by atoms with Crippen LogP contribution in [-0.2, 0) is 28.7 Å². The maximum atomic E-state index is 12.0. The molecule has 0 aromatic carbocycles.